The minimum Gasteiger partial charge on any atom is -0.316 e. The SMILES string of the molecule is NC1(Cc2cccnc2)c2ccccc2C(=O)N1CCc1ccc2ccccc2n1. The summed E-state index contributed by atoms with van der Waals surface area (Å²) in [6.07, 6.45) is 4.69. The Bertz CT molecular complexity index is 1220. The molecule has 1 atom stereocenters. The van der Waals surface area contributed by atoms with Gasteiger partial charge in [-0.3, -0.25) is 14.8 Å². The molecular formula is C25H22N4O. The Morgan fingerprint density at radius 2 is 1.77 bits per heavy atom. The van der Waals surface area contributed by atoms with Gasteiger partial charge in [-0.15, -0.1) is 0 Å². The van der Waals surface area contributed by atoms with Crippen molar-refractivity contribution in [3.8, 4) is 0 Å². The van der Waals surface area contributed by atoms with Crippen LogP contribution >= 0.6 is 0 Å². The number of amides is 1. The van der Waals surface area contributed by atoms with E-state index in [1.165, 1.54) is 0 Å². The van der Waals surface area contributed by atoms with Gasteiger partial charge in [0.1, 0.15) is 5.66 Å². The van der Waals surface area contributed by atoms with Crippen molar-refractivity contribution in [2.45, 2.75) is 18.5 Å². The van der Waals surface area contributed by atoms with Gasteiger partial charge in [-0.2, -0.15) is 0 Å². The van der Waals surface area contributed by atoms with Crippen molar-refractivity contribution in [1.29, 1.82) is 0 Å². The van der Waals surface area contributed by atoms with E-state index < -0.39 is 5.66 Å². The zero-order valence-electron chi connectivity index (χ0n) is 16.5. The lowest BCUT2D eigenvalue weighted by atomic mass is 9.92. The summed E-state index contributed by atoms with van der Waals surface area (Å²) in [5, 5.41) is 1.11. The first kappa shape index (κ1) is 18.5. The van der Waals surface area contributed by atoms with Crippen molar-refractivity contribution in [2.75, 3.05) is 6.54 Å². The molecule has 3 heterocycles. The van der Waals surface area contributed by atoms with Crippen LogP contribution in [0.1, 0.15) is 27.2 Å². The summed E-state index contributed by atoms with van der Waals surface area (Å²) in [5.74, 6) is -0.0298. The van der Waals surface area contributed by atoms with Crippen LogP contribution in [0.4, 0.5) is 0 Å². The zero-order chi connectivity index (χ0) is 20.6. The summed E-state index contributed by atoms with van der Waals surface area (Å²) in [6.45, 7) is 0.496. The van der Waals surface area contributed by atoms with Crippen molar-refractivity contribution in [1.82, 2.24) is 14.9 Å². The minimum absolute atomic E-state index is 0.0298. The van der Waals surface area contributed by atoms with Gasteiger partial charge in [-0.25, -0.2) is 0 Å². The molecule has 0 saturated heterocycles. The van der Waals surface area contributed by atoms with Crippen molar-refractivity contribution in [2.24, 2.45) is 5.73 Å². The fraction of sp³-hybridized carbons (Fsp3) is 0.160. The number of carbonyl (C=O) groups is 1. The highest BCUT2D eigenvalue weighted by Gasteiger charge is 2.46. The number of benzene rings is 2. The number of fused-ring (bicyclic) bond motifs is 2. The van der Waals surface area contributed by atoms with Gasteiger partial charge in [0, 0.05) is 54.0 Å². The second-order valence-electron chi connectivity index (χ2n) is 7.71. The Hall–Kier alpha value is -3.57. The second-order valence-corrected chi connectivity index (χ2v) is 7.71. The molecule has 30 heavy (non-hydrogen) atoms. The third-order valence-electron chi connectivity index (χ3n) is 5.79. The molecule has 0 spiro atoms. The van der Waals surface area contributed by atoms with E-state index in [-0.39, 0.29) is 5.91 Å². The number of nitrogens with zero attached hydrogens (tertiary/aromatic N) is 3. The van der Waals surface area contributed by atoms with E-state index in [1.54, 1.807) is 11.1 Å². The molecule has 1 aliphatic rings. The van der Waals surface area contributed by atoms with Gasteiger partial charge in [0.2, 0.25) is 0 Å². The van der Waals surface area contributed by atoms with Crippen molar-refractivity contribution in [3.63, 3.8) is 0 Å². The van der Waals surface area contributed by atoms with Gasteiger partial charge >= 0.3 is 0 Å². The largest absolute Gasteiger partial charge is 0.316 e. The molecule has 0 fully saturated rings. The van der Waals surface area contributed by atoms with Crippen molar-refractivity contribution in [3.05, 3.63) is 108 Å². The summed E-state index contributed by atoms with van der Waals surface area (Å²) in [5.41, 5.74) is 10.5. The molecule has 0 saturated carbocycles. The average molecular weight is 394 g/mol. The first-order chi connectivity index (χ1) is 14.6. The number of pyridine rings is 2. The Labute approximate surface area is 175 Å². The number of hydrogen-bond donors (Lipinski definition) is 1. The molecule has 2 N–H and O–H groups in total. The van der Waals surface area contributed by atoms with E-state index in [1.807, 2.05) is 72.9 Å². The smallest absolute Gasteiger partial charge is 0.256 e. The first-order valence-corrected chi connectivity index (χ1v) is 10.1. The van der Waals surface area contributed by atoms with E-state index in [4.69, 9.17) is 10.7 Å². The molecule has 0 radical (unpaired) electrons. The maximum absolute atomic E-state index is 13.2. The molecule has 5 nitrogen and oxygen atoms in total. The van der Waals surface area contributed by atoms with E-state index in [0.29, 0.717) is 24.9 Å². The summed E-state index contributed by atoms with van der Waals surface area (Å²) in [6, 6.07) is 23.7. The maximum Gasteiger partial charge on any atom is 0.256 e. The van der Waals surface area contributed by atoms with Crippen LogP contribution in [0.2, 0.25) is 0 Å². The van der Waals surface area contributed by atoms with Crippen LogP contribution in [0.5, 0.6) is 0 Å². The summed E-state index contributed by atoms with van der Waals surface area (Å²) < 4.78 is 0. The molecule has 2 aromatic carbocycles. The number of aromatic nitrogens is 2. The van der Waals surface area contributed by atoms with Gasteiger partial charge < -0.3 is 10.6 Å². The number of hydrogen-bond acceptors (Lipinski definition) is 4. The Morgan fingerprint density at radius 1 is 0.933 bits per heavy atom. The lowest BCUT2D eigenvalue weighted by Crippen LogP contribution is -2.53. The molecule has 148 valence electrons. The molecule has 5 rings (SSSR count). The molecule has 4 aromatic rings. The summed E-state index contributed by atoms with van der Waals surface area (Å²) >= 11 is 0. The Balaban J connectivity index is 1.46. The van der Waals surface area contributed by atoms with E-state index >= 15 is 0 Å². The quantitative estimate of drug-likeness (QED) is 0.560. The minimum atomic E-state index is -0.909. The predicted octanol–water partition coefficient (Wildman–Crippen LogP) is 3.68. The molecular weight excluding hydrogens is 372 g/mol. The van der Waals surface area contributed by atoms with Crippen LogP contribution in [0.3, 0.4) is 0 Å². The fourth-order valence-electron chi connectivity index (χ4n) is 4.30. The van der Waals surface area contributed by atoms with E-state index in [9.17, 15) is 4.79 Å². The third-order valence-corrected chi connectivity index (χ3v) is 5.79. The Kier molecular flexibility index (Phi) is 4.52. The van der Waals surface area contributed by atoms with Crippen LogP contribution in [-0.4, -0.2) is 27.3 Å². The lowest BCUT2D eigenvalue weighted by molar-refractivity contribution is 0.0559. The predicted molar refractivity (Wildman–Crippen MR) is 117 cm³/mol. The highest BCUT2D eigenvalue weighted by molar-refractivity contribution is 6.00. The topological polar surface area (TPSA) is 72.1 Å². The van der Waals surface area contributed by atoms with E-state index in [0.717, 1.165) is 27.7 Å². The zero-order valence-corrected chi connectivity index (χ0v) is 16.5. The highest BCUT2D eigenvalue weighted by Crippen LogP contribution is 2.37. The van der Waals surface area contributed by atoms with Gasteiger partial charge in [-0.1, -0.05) is 48.5 Å². The summed E-state index contributed by atoms with van der Waals surface area (Å²) in [4.78, 5) is 24.0. The highest BCUT2D eigenvalue weighted by atomic mass is 16.2. The van der Waals surface area contributed by atoms with Crippen LogP contribution in [0.25, 0.3) is 10.9 Å². The standard InChI is InChI=1S/C25H22N4O/c26-25(16-18-6-5-14-27-17-18)22-9-3-2-8-21(22)24(30)29(25)15-13-20-12-11-19-7-1-4-10-23(19)28-20/h1-12,14,17H,13,15-16,26H2. The summed E-state index contributed by atoms with van der Waals surface area (Å²) in [7, 11) is 0. The van der Waals surface area contributed by atoms with Crippen LogP contribution in [-0.2, 0) is 18.5 Å². The fourth-order valence-corrected chi connectivity index (χ4v) is 4.30. The number of para-hydroxylation sites is 1. The first-order valence-electron chi connectivity index (χ1n) is 10.1. The Morgan fingerprint density at radius 3 is 2.63 bits per heavy atom. The lowest BCUT2D eigenvalue weighted by Gasteiger charge is -2.36. The van der Waals surface area contributed by atoms with Gasteiger partial charge in [-0.05, 0) is 29.8 Å². The number of nitrogens with two attached hydrogens (primary N) is 1. The maximum atomic E-state index is 13.2. The molecule has 1 unspecified atom stereocenters. The molecule has 1 aliphatic heterocycles. The van der Waals surface area contributed by atoms with Gasteiger partial charge in [0.05, 0.1) is 5.52 Å². The van der Waals surface area contributed by atoms with E-state index in [2.05, 4.69) is 11.1 Å². The van der Waals surface area contributed by atoms with Crippen molar-refractivity contribution < 1.29 is 4.79 Å². The van der Waals surface area contributed by atoms with Gasteiger partial charge in [0.15, 0.2) is 0 Å². The number of rotatable bonds is 5. The second kappa shape index (κ2) is 7.35. The van der Waals surface area contributed by atoms with Gasteiger partial charge in [0.25, 0.3) is 5.91 Å². The van der Waals surface area contributed by atoms with Crippen LogP contribution < -0.4 is 5.73 Å². The average Bonchev–Trinajstić information content (AvgIpc) is 2.99. The van der Waals surface area contributed by atoms with Crippen LogP contribution in [0, 0.1) is 0 Å². The molecule has 2 aromatic heterocycles. The molecule has 0 aliphatic carbocycles. The normalized spacial score (nSPS) is 18.0. The van der Waals surface area contributed by atoms with Crippen molar-refractivity contribution >= 4 is 16.8 Å². The molecule has 0 bridgehead atoms. The number of carbonyl (C=O) groups excluding carboxylic acids is 1. The monoisotopic (exact) mass is 394 g/mol. The molecule has 1 amide bonds. The van der Waals surface area contributed by atoms with Crippen LogP contribution in [0.15, 0.2) is 85.2 Å². The molecule has 5 heteroatoms. The third kappa shape index (κ3) is 3.13.